The lowest BCUT2D eigenvalue weighted by Gasteiger charge is -2.31. The highest BCUT2D eigenvalue weighted by atomic mass is 16.6. The quantitative estimate of drug-likeness (QED) is 0.0458. The van der Waals surface area contributed by atoms with Crippen LogP contribution in [0.3, 0.4) is 0 Å². The summed E-state index contributed by atoms with van der Waals surface area (Å²) in [4.78, 5) is 50.6. The molecule has 3 atom stereocenters. The Balaban J connectivity index is 2.89. The summed E-state index contributed by atoms with van der Waals surface area (Å²) < 4.78 is 11.2. The van der Waals surface area contributed by atoms with Crippen LogP contribution in [-0.4, -0.2) is 57.7 Å². The summed E-state index contributed by atoms with van der Waals surface area (Å²) in [7, 11) is 0. The van der Waals surface area contributed by atoms with Crippen LogP contribution in [-0.2, 0) is 30.3 Å². The predicted octanol–water partition coefficient (Wildman–Crippen LogP) is 7.13. The molecule has 1 rings (SSSR count). The first-order valence-electron chi connectivity index (χ1n) is 17.5. The highest BCUT2D eigenvalue weighted by Crippen LogP contribution is 2.25. The van der Waals surface area contributed by atoms with E-state index in [9.17, 15) is 29.4 Å². The van der Waals surface area contributed by atoms with Gasteiger partial charge in [0.25, 0.3) is 0 Å². The van der Waals surface area contributed by atoms with E-state index >= 15 is 0 Å². The summed E-state index contributed by atoms with van der Waals surface area (Å²) >= 11 is 0. The number of Topliss-reactive ketones (excluding diaryl/α,β-unsaturated/α-hetero) is 1. The molecule has 0 aromatic heterocycles. The van der Waals surface area contributed by atoms with Crippen molar-refractivity contribution in [2.45, 2.75) is 149 Å². The van der Waals surface area contributed by atoms with Crippen molar-refractivity contribution in [1.82, 2.24) is 5.32 Å². The van der Waals surface area contributed by atoms with Gasteiger partial charge in [0.05, 0.1) is 17.9 Å². The number of ketones is 1. The number of nitrogens with one attached hydrogen (secondary N) is 1. The van der Waals surface area contributed by atoms with E-state index < -0.39 is 47.4 Å². The molecule has 0 saturated carbocycles. The normalized spacial score (nSPS) is 13.9. The Morgan fingerprint density at radius 3 is 2.08 bits per heavy atom. The lowest BCUT2D eigenvalue weighted by molar-refractivity contribution is -0.160. The summed E-state index contributed by atoms with van der Waals surface area (Å²) in [6.45, 7) is 10.6. The van der Waals surface area contributed by atoms with Crippen molar-refractivity contribution in [1.29, 1.82) is 0 Å². The van der Waals surface area contributed by atoms with Gasteiger partial charge < -0.3 is 25.0 Å². The first-order chi connectivity index (χ1) is 22.7. The van der Waals surface area contributed by atoms with E-state index in [0.717, 1.165) is 44.1 Å². The van der Waals surface area contributed by atoms with E-state index in [1.54, 1.807) is 58.0 Å². The zero-order valence-corrected chi connectivity index (χ0v) is 30.1. The minimum absolute atomic E-state index is 0.106. The number of ether oxygens (including phenoxy) is 2. The van der Waals surface area contributed by atoms with Gasteiger partial charge in [0, 0.05) is 19.3 Å². The molecule has 0 aliphatic carbocycles. The number of hydrogen-bond donors (Lipinski definition) is 3. The van der Waals surface area contributed by atoms with Crippen LogP contribution in [0.25, 0.3) is 0 Å². The Morgan fingerprint density at radius 2 is 1.52 bits per heavy atom. The molecule has 0 bridgehead atoms. The van der Waals surface area contributed by atoms with Crippen LogP contribution >= 0.6 is 0 Å². The van der Waals surface area contributed by atoms with Crippen molar-refractivity contribution in [3.63, 3.8) is 0 Å². The van der Waals surface area contributed by atoms with Crippen LogP contribution in [0.15, 0.2) is 36.4 Å². The maximum atomic E-state index is 13.7. The Bertz CT molecular complexity index is 1220. The summed E-state index contributed by atoms with van der Waals surface area (Å²) in [5.74, 6) is 2.71. The smallest absolute Gasteiger partial charge is 0.329 e. The van der Waals surface area contributed by atoms with Gasteiger partial charge in [0.15, 0.2) is 0 Å². The number of hydrogen-bond acceptors (Lipinski definition) is 7. The van der Waals surface area contributed by atoms with E-state index in [-0.39, 0.29) is 13.0 Å². The predicted molar refractivity (Wildman–Crippen MR) is 188 cm³/mol. The lowest BCUT2D eigenvalue weighted by atomic mass is 9.84. The molecule has 3 N–H and O–H groups in total. The molecule has 48 heavy (non-hydrogen) atoms. The second kappa shape index (κ2) is 22.8. The van der Waals surface area contributed by atoms with Crippen molar-refractivity contribution >= 4 is 23.6 Å². The fourth-order valence-electron chi connectivity index (χ4n) is 5.19. The summed E-state index contributed by atoms with van der Waals surface area (Å²) in [6.07, 6.45) is 13.8. The Labute approximate surface area is 288 Å². The van der Waals surface area contributed by atoms with Crippen molar-refractivity contribution in [3.8, 4) is 17.6 Å². The number of rotatable bonds is 24. The largest absolute Gasteiger partial charge is 0.481 e. The summed E-state index contributed by atoms with van der Waals surface area (Å²) in [5, 5.41) is 23.3. The second-order valence-corrected chi connectivity index (χ2v) is 13.6. The van der Waals surface area contributed by atoms with Crippen LogP contribution in [0.4, 0.5) is 0 Å². The van der Waals surface area contributed by atoms with Crippen LogP contribution in [0.1, 0.15) is 131 Å². The van der Waals surface area contributed by atoms with Crippen LogP contribution in [0.5, 0.6) is 5.75 Å². The molecule has 9 heteroatoms. The van der Waals surface area contributed by atoms with Gasteiger partial charge in [-0.25, -0.2) is 4.79 Å². The molecular formula is C39H59NO8. The van der Waals surface area contributed by atoms with Gasteiger partial charge in [-0.2, -0.15) is 0 Å². The lowest BCUT2D eigenvalue weighted by Crippen LogP contribution is -2.52. The van der Waals surface area contributed by atoms with E-state index in [4.69, 9.17) is 9.47 Å². The molecular weight excluding hydrogens is 610 g/mol. The average Bonchev–Trinajstić information content (AvgIpc) is 2.99. The first kappa shape index (κ1) is 42.4. The summed E-state index contributed by atoms with van der Waals surface area (Å²) in [5.41, 5.74) is -1.99. The molecule has 1 aromatic rings. The maximum Gasteiger partial charge on any atom is 0.329 e. The molecule has 0 spiro atoms. The molecule has 1 aromatic carbocycles. The maximum absolute atomic E-state index is 13.7. The number of allylic oxidation sites excluding steroid dienone is 1. The van der Waals surface area contributed by atoms with Gasteiger partial charge in [-0.3, -0.25) is 14.4 Å². The molecule has 0 unspecified atom stereocenters. The molecule has 0 radical (unpaired) electrons. The highest BCUT2D eigenvalue weighted by Gasteiger charge is 2.39. The number of unbranched alkanes of at least 4 members (excludes halogenated alkanes) is 8. The van der Waals surface area contributed by atoms with E-state index in [2.05, 4.69) is 24.1 Å². The third-order valence-electron chi connectivity index (χ3n) is 7.78. The van der Waals surface area contributed by atoms with E-state index in [0.29, 0.717) is 30.8 Å². The third kappa shape index (κ3) is 19.2. The number of aliphatic carboxylic acids is 1. The van der Waals surface area contributed by atoms with Crippen LogP contribution in [0, 0.1) is 17.8 Å². The standard InChI is InChI=1S/C39H59NO8/c1-7-9-11-14-17-20-31(41)21-18-15-12-13-16-19-22-33(39(6,46)29-35(42)43)36(44)40-34(37(45)48-38(3,4)5)28-30-23-25-32(26-24-30)47-27-10-8-2/h19,22-26,33-34,46H,7,9,11-18,20-21,27-29H2,1-6H3,(H,40,44)(H,42,43)/b22-19+/t33-,34+,39+/m1/s1. The fourth-order valence-corrected chi connectivity index (χ4v) is 5.19. The van der Waals surface area contributed by atoms with Crippen LogP contribution in [0.2, 0.25) is 0 Å². The average molecular weight is 670 g/mol. The number of carboxylic acids is 1. The SMILES string of the molecule is CC#CCOc1ccc(C[C@H](NC(=O)[C@@H](/C=C/CCCCCCC(=O)CCCCCCC)[C@@](C)(O)CC(=O)O)C(=O)OC(C)(C)C)cc1. The topological polar surface area (TPSA) is 139 Å². The van der Waals surface area contributed by atoms with Crippen molar-refractivity contribution < 1.29 is 38.9 Å². The minimum atomic E-state index is -1.91. The third-order valence-corrected chi connectivity index (χ3v) is 7.78. The molecule has 0 saturated heterocycles. The molecule has 0 aliphatic rings. The minimum Gasteiger partial charge on any atom is -0.481 e. The van der Waals surface area contributed by atoms with Gasteiger partial charge in [0.2, 0.25) is 5.91 Å². The van der Waals surface area contributed by atoms with Crippen LogP contribution < -0.4 is 10.1 Å². The van der Waals surface area contributed by atoms with Crippen molar-refractivity contribution in [2.24, 2.45) is 5.92 Å². The Kier molecular flexibility index (Phi) is 20.2. The van der Waals surface area contributed by atoms with Crippen molar-refractivity contribution in [2.75, 3.05) is 6.61 Å². The van der Waals surface area contributed by atoms with Crippen molar-refractivity contribution in [3.05, 3.63) is 42.0 Å². The van der Waals surface area contributed by atoms with E-state index in [1.807, 2.05) is 0 Å². The second-order valence-electron chi connectivity index (χ2n) is 13.6. The first-order valence-corrected chi connectivity index (χ1v) is 17.5. The molecule has 9 nitrogen and oxygen atoms in total. The number of esters is 1. The highest BCUT2D eigenvalue weighted by molar-refractivity contribution is 5.88. The molecule has 268 valence electrons. The van der Waals surface area contributed by atoms with Gasteiger partial charge in [-0.05, 0) is 78.0 Å². The monoisotopic (exact) mass is 669 g/mol. The zero-order valence-electron chi connectivity index (χ0n) is 30.1. The van der Waals surface area contributed by atoms with Gasteiger partial charge >= 0.3 is 11.9 Å². The number of amides is 1. The number of carbonyl (C=O) groups is 4. The fraction of sp³-hybridized carbons (Fsp3) is 0.641. The Hall–Kier alpha value is -3.64. The van der Waals surface area contributed by atoms with E-state index in [1.165, 1.54) is 32.3 Å². The number of carboxylic acid groups (broad SMARTS) is 1. The summed E-state index contributed by atoms with van der Waals surface area (Å²) in [6, 6.07) is 5.96. The number of aliphatic hydroxyl groups is 1. The molecule has 1 amide bonds. The number of benzene rings is 1. The Morgan fingerprint density at radius 1 is 0.917 bits per heavy atom. The van der Waals surface area contributed by atoms with Gasteiger partial charge in [-0.1, -0.05) is 75.7 Å². The zero-order chi connectivity index (χ0) is 36.0. The molecule has 0 fully saturated rings. The van der Waals surface area contributed by atoms with Gasteiger partial charge in [-0.15, -0.1) is 5.92 Å². The molecule has 0 aliphatic heterocycles. The van der Waals surface area contributed by atoms with Gasteiger partial charge in [0.1, 0.15) is 29.8 Å². The molecule has 0 heterocycles. The number of carbonyl (C=O) groups excluding carboxylic acids is 3.